The van der Waals surface area contributed by atoms with Crippen LogP contribution in [0.2, 0.25) is 0 Å². The fourth-order valence-electron chi connectivity index (χ4n) is 1.11. The summed E-state index contributed by atoms with van der Waals surface area (Å²) in [5.41, 5.74) is -0.245. The van der Waals surface area contributed by atoms with Gasteiger partial charge >= 0.3 is 0 Å². The topological polar surface area (TPSA) is 36.9 Å². The van der Waals surface area contributed by atoms with Crippen molar-refractivity contribution in [3.63, 3.8) is 0 Å². The van der Waals surface area contributed by atoms with Crippen molar-refractivity contribution in [3.8, 4) is 0 Å². The van der Waals surface area contributed by atoms with Crippen LogP contribution in [0.5, 0.6) is 0 Å². The predicted molar refractivity (Wildman–Crippen MR) is 51.9 cm³/mol. The molecule has 14 heavy (non-hydrogen) atoms. The zero-order chi connectivity index (χ0) is 10.6. The Bertz CT molecular complexity index is 164. The van der Waals surface area contributed by atoms with Crippen molar-refractivity contribution < 1.29 is 18.9 Å². The van der Waals surface area contributed by atoms with Crippen LogP contribution in [0.1, 0.15) is 27.7 Å². The van der Waals surface area contributed by atoms with Gasteiger partial charge in [0, 0.05) is 6.61 Å². The zero-order valence-electron chi connectivity index (χ0n) is 9.41. The van der Waals surface area contributed by atoms with Crippen molar-refractivity contribution in [2.24, 2.45) is 0 Å². The minimum absolute atomic E-state index is 0.00213. The molecule has 84 valence electrons. The molecule has 0 bridgehead atoms. The van der Waals surface area contributed by atoms with Crippen LogP contribution >= 0.6 is 0 Å². The van der Waals surface area contributed by atoms with E-state index in [2.05, 4.69) is 0 Å². The Morgan fingerprint density at radius 1 is 1.36 bits per heavy atom. The van der Waals surface area contributed by atoms with Gasteiger partial charge in [0.25, 0.3) is 6.48 Å². The van der Waals surface area contributed by atoms with Crippen LogP contribution in [0, 0.1) is 0 Å². The van der Waals surface area contributed by atoms with Gasteiger partial charge in [-0.05, 0) is 27.7 Å². The summed E-state index contributed by atoms with van der Waals surface area (Å²) in [7, 11) is 0. The number of ether oxygens (including phenoxy) is 4. The third-order valence-electron chi connectivity index (χ3n) is 1.68. The standard InChI is InChI=1S/C10H20O4/c1-5-11-6-8-7-12-9(13-8)14-10(2,3)4/h8-9H,5-7H2,1-4H3. The first-order chi connectivity index (χ1) is 6.51. The van der Waals surface area contributed by atoms with E-state index in [0.717, 1.165) is 0 Å². The second-order valence-electron chi connectivity index (χ2n) is 4.27. The van der Waals surface area contributed by atoms with Gasteiger partial charge in [0.05, 0.1) is 18.8 Å². The van der Waals surface area contributed by atoms with Crippen LogP contribution in [0.15, 0.2) is 0 Å². The molecule has 0 spiro atoms. The highest BCUT2D eigenvalue weighted by Crippen LogP contribution is 2.19. The molecule has 0 aliphatic carbocycles. The fourth-order valence-corrected chi connectivity index (χ4v) is 1.11. The van der Waals surface area contributed by atoms with E-state index < -0.39 is 6.48 Å². The Morgan fingerprint density at radius 2 is 2.07 bits per heavy atom. The van der Waals surface area contributed by atoms with Gasteiger partial charge in [0.2, 0.25) is 0 Å². The lowest BCUT2D eigenvalue weighted by atomic mass is 10.2. The molecule has 0 radical (unpaired) electrons. The Kier molecular flexibility index (Phi) is 4.31. The van der Waals surface area contributed by atoms with E-state index in [1.165, 1.54) is 0 Å². The summed E-state index contributed by atoms with van der Waals surface area (Å²) in [4.78, 5) is 0. The highest BCUT2D eigenvalue weighted by atomic mass is 16.9. The molecule has 1 saturated heterocycles. The largest absolute Gasteiger partial charge is 0.379 e. The number of rotatable bonds is 4. The maximum atomic E-state index is 5.51. The molecule has 2 atom stereocenters. The van der Waals surface area contributed by atoms with Crippen LogP contribution < -0.4 is 0 Å². The zero-order valence-corrected chi connectivity index (χ0v) is 9.41. The molecule has 0 aromatic rings. The van der Waals surface area contributed by atoms with Crippen LogP contribution in [-0.2, 0) is 18.9 Å². The molecule has 0 saturated carbocycles. The molecule has 1 fully saturated rings. The molecule has 0 aromatic carbocycles. The summed E-state index contributed by atoms with van der Waals surface area (Å²) in [5, 5.41) is 0. The molecular weight excluding hydrogens is 184 g/mol. The Morgan fingerprint density at radius 3 is 2.64 bits per heavy atom. The Hall–Kier alpha value is -0.160. The van der Waals surface area contributed by atoms with E-state index in [9.17, 15) is 0 Å². The summed E-state index contributed by atoms with van der Waals surface area (Å²) >= 11 is 0. The van der Waals surface area contributed by atoms with Crippen LogP contribution in [0.4, 0.5) is 0 Å². The minimum atomic E-state index is -0.541. The maximum absolute atomic E-state index is 5.51. The number of hydrogen-bond acceptors (Lipinski definition) is 4. The quantitative estimate of drug-likeness (QED) is 0.696. The Balaban J connectivity index is 2.20. The molecule has 1 aliphatic heterocycles. The van der Waals surface area contributed by atoms with Gasteiger partial charge < -0.3 is 18.9 Å². The molecule has 0 amide bonds. The first-order valence-corrected chi connectivity index (χ1v) is 5.04. The molecule has 4 nitrogen and oxygen atoms in total. The maximum Gasteiger partial charge on any atom is 0.272 e. The van der Waals surface area contributed by atoms with E-state index in [4.69, 9.17) is 18.9 Å². The van der Waals surface area contributed by atoms with E-state index in [-0.39, 0.29) is 11.7 Å². The highest BCUT2D eigenvalue weighted by molar-refractivity contribution is 4.64. The average molecular weight is 204 g/mol. The van der Waals surface area contributed by atoms with Crippen molar-refractivity contribution >= 4 is 0 Å². The SMILES string of the molecule is CCOCC1COC(OC(C)(C)C)O1. The average Bonchev–Trinajstić information content (AvgIpc) is 2.46. The second-order valence-corrected chi connectivity index (χ2v) is 4.27. The van der Waals surface area contributed by atoms with Gasteiger partial charge in [0.15, 0.2) is 0 Å². The monoisotopic (exact) mass is 204 g/mol. The lowest BCUT2D eigenvalue weighted by Crippen LogP contribution is -2.28. The summed E-state index contributed by atoms with van der Waals surface area (Å²) < 4.78 is 21.5. The highest BCUT2D eigenvalue weighted by Gasteiger charge is 2.30. The first-order valence-electron chi connectivity index (χ1n) is 5.04. The van der Waals surface area contributed by atoms with E-state index >= 15 is 0 Å². The fraction of sp³-hybridized carbons (Fsp3) is 1.00. The van der Waals surface area contributed by atoms with Crippen LogP contribution in [0.3, 0.4) is 0 Å². The van der Waals surface area contributed by atoms with Gasteiger partial charge in [-0.1, -0.05) is 0 Å². The summed E-state index contributed by atoms with van der Waals surface area (Å²) in [5.74, 6) is 0. The van der Waals surface area contributed by atoms with Gasteiger partial charge in [-0.25, -0.2) is 0 Å². The van der Waals surface area contributed by atoms with Crippen LogP contribution in [0.25, 0.3) is 0 Å². The van der Waals surface area contributed by atoms with Gasteiger partial charge in [-0.3, -0.25) is 0 Å². The smallest absolute Gasteiger partial charge is 0.272 e. The third kappa shape index (κ3) is 4.37. The summed E-state index contributed by atoms with van der Waals surface area (Å²) in [6.45, 7) is 9.13. The van der Waals surface area contributed by atoms with Crippen molar-refractivity contribution in [2.45, 2.75) is 45.9 Å². The molecule has 1 heterocycles. The molecule has 4 heteroatoms. The molecule has 1 rings (SSSR count). The van der Waals surface area contributed by atoms with Gasteiger partial charge in [-0.2, -0.15) is 0 Å². The van der Waals surface area contributed by atoms with Crippen molar-refractivity contribution in [2.75, 3.05) is 19.8 Å². The third-order valence-corrected chi connectivity index (χ3v) is 1.68. The Labute approximate surface area is 85.5 Å². The predicted octanol–water partition coefficient (Wildman–Crippen LogP) is 1.54. The van der Waals surface area contributed by atoms with E-state index in [0.29, 0.717) is 19.8 Å². The van der Waals surface area contributed by atoms with Gasteiger partial charge in [-0.15, -0.1) is 0 Å². The second kappa shape index (κ2) is 5.07. The molecule has 0 aromatic heterocycles. The minimum Gasteiger partial charge on any atom is -0.379 e. The molecule has 1 aliphatic rings. The van der Waals surface area contributed by atoms with Crippen LogP contribution in [-0.4, -0.2) is 38.0 Å². The molecular formula is C10H20O4. The number of hydrogen-bond donors (Lipinski definition) is 0. The molecule has 2 unspecified atom stereocenters. The molecule has 0 N–H and O–H groups in total. The van der Waals surface area contributed by atoms with Gasteiger partial charge in [0.1, 0.15) is 6.10 Å². The summed E-state index contributed by atoms with van der Waals surface area (Å²) in [6, 6.07) is 0. The van der Waals surface area contributed by atoms with E-state index in [1.807, 2.05) is 27.7 Å². The summed E-state index contributed by atoms with van der Waals surface area (Å²) in [6.07, 6.45) is 0.00213. The lowest BCUT2D eigenvalue weighted by Gasteiger charge is -2.23. The van der Waals surface area contributed by atoms with Crippen molar-refractivity contribution in [1.82, 2.24) is 0 Å². The van der Waals surface area contributed by atoms with E-state index in [1.54, 1.807) is 0 Å². The lowest BCUT2D eigenvalue weighted by molar-refractivity contribution is -0.277. The first kappa shape index (κ1) is 11.9. The van der Waals surface area contributed by atoms with Crippen molar-refractivity contribution in [1.29, 1.82) is 0 Å². The normalized spacial score (nSPS) is 28.3. The van der Waals surface area contributed by atoms with Crippen molar-refractivity contribution in [3.05, 3.63) is 0 Å².